The molecule has 3 nitrogen and oxygen atoms in total. The van der Waals surface area contributed by atoms with Crippen molar-refractivity contribution in [2.24, 2.45) is 5.73 Å². The molecule has 0 aromatic heterocycles. The summed E-state index contributed by atoms with van der Waals surface area (Å²) in [6.45, 7) is 0. The first-order valence-electron chi connectivity index (χ1n) is 2.37. The molecule has 0 aliphatic heterocycles. The van der Waals surface area contributed by atoms with Crippen LogP contribution in [0.3, 0.4) is 0 Å². The fourth-order valence-electron chi connectivity index (χ4n) is 0.281. The molecule has 1 unspecified atom stereocenters. The molecule has 0 saturated carbocycles. The molecule has 0 radical (unpaired) electrons. The standard InChI is InChI=1S/C5H6ClNO2S/c6-1-2-10-4(3-8)5(7)9/h1-4H,(H2,7,9). The van der Waals surface area contributed by atoms with Gasteiger partial charge in [-0.3, -0.25) is 4.79 Å². The molecule has 56 valence electrons. The van der Waals surface area contributed by atoms with Crippen molar-refractivity contribution in [1.29, 1.82) is 0 Å². The molecule has 2 N–H and O–H groups in total. The second kappa shape index (κ2) is 5.32. The van der Waals surface area contributed by atoms with Crippen LogP contribution >= 0.6 is 23.4 Å². The van der Waals surface area contributed by atoms with Crippen LogP contribution in [-0.4, -0.2) is 17.4 Å². The highest BCUT2D eigenvalue weighted by Gasteiger charge is 2.11. The summed E-state index contributed by atoms with van der Waals surface area (Å²) in [5.74, 6) is -0.658. The van der Waals surface area contributed by atoms with Gasteiger partial charge in [0.2, 0.25) is 5.91 Å². The van der Waals surface area contributed by atoms with Crippen LogP contribution in [0, 0.1) is 0 Å². The Kier molecular flexibility index (Phi) is 5.06. The lowest BCUT2D eigenvalue weighted by Gasteiger charge is -1.98. The van der Waals surface area contributed by atoms with Gasteiger partial charge in [-0.15, -0.1) is 11.8 Å². The van der Waals surface area contributed by atoms with E-state index >= 15 is 0 Å². The Hall–Kier alpha value is -0.480. The normalized spacial score (nSPS) is 13.3. The summed E-state index contributed by atoms with van der Waals surface area (Å²) in [6.07, 6.45) is 0.476. The predicted octanol–water partition coefficient (Wildman–Crippen LogP) is 0.482. The number of carbonyl (C=O) groups is 2. The summed E-state index contributed by atoms with van der Waals surface area (Å²) in [6, 6.07) is 0. The molecule has 0 heterocycles. The van der Waals surface area contributed by atoms with Crippen molar-refractivity contribution < 1.29 is 9.59 Å². The molecule has 1 atom stereocenters. The average molecular weight is 180 g/mol. The van der Waals surface area contributed by atoms with Gasteiger partial charge >= 0.3 is 0 Å². The molecule has 5 heteroatoms. The molecular formula is C5H6ClNO2S. The van der Waals surface area contributed by atoms with Crippen LogP contribution < -0.4 is 5.73 Å². The van der Waals surface area contributed by atoms with Crippen molar-refractivity contribution in [2.75, 3.05) is 0 Å². The van der Waals surface area contributed by atoms with Crippen LogP contribution in [0.4, 0.5) is 0 Å². The highest BCUT2D eigenvalue weighted by molar-refractivity contribution is 8.04. The highest BCUT2D eigenvalue weighted by atomic mass is 35.5. The Morgan fingerprint density at radius 1 is 1.70 bits per heavy atom. The van der Waals surface area contributed by atoms with Crippen molar-refractivity contribution in [1.82, 2.24) is 0 Å². The van der Waals surface area contributed by atoms with E-state index in [-0.39, 0.29) is 0 Å². The van der Waals surface area contributed by atoms with E-state index in [2.05, 4.69) is 0 Å². The van der Waals surface area contributed by atoms with Crippen molar-refractivity contribution in [3.63, 3.8) is 0 Å². The van der Waals surface area contributed by atoms with Gasteiger partial charge in [0.25, 0.3) is 0 Å². The number of halogens is 1. The second-order valence-electron chi connectivity index (χ2n) is 1.36. The van der Waals surface area contributed by atoms with Gasteiger partial charge < -0.3 is 10.5 Å². The molecule has 0 spiro atoms. The van der Waals surface area contributed by atoms with Crippen molar-refractivity contribution in [3.05, 3.63) is 10.9 Å². The molecular weight excluding hydrogens is 174 g/mol. The van der Waals surface area contributed by atoms with Crippen molar-refractivity contribution in [2.45, 2.75) is 5.25 Å². The lowest BCUT2D eigenvalue weighted by Crippen LogP contribution is -2.26. The molecule has 1 amide bonds. The Morgan fingerprint density at radius 3 is 2.60 bits per heavy atom. The van der Waals surface area contributed by atoms with Crippen LogP contribution in [0.1, 0.15) is 0 Å². The number of carbonyl (C=O) groups excluding carboxylic acids is 2. The van der Waals surface area contributed by atoms with E-state index in [0.717, 1.165) is 11.8 Å². The zero-order valence-electron chi connectivity index (χ0n) is 4.99. The maximum absolute atomic E-state index is 10.3. The van der Waals surface area contributed by atoms with Crippen molar-refractivity contribution >= 4 is 35.6 Å². The van der Waals surface area contributed by atoms with Crippen molar-refractivity contribution in [3.8, 4) is 0 Å². The number of hydrogen-bond donors (Lipinski definition) is 1. The first-order valence-corrected chi connectivity index (χ1v) is 3.75. The third-order valence-corrected chi connectivity index (χ3v) is 1.89. The van der Waals surface area contributed by atoms with Gasteiger partial charge in [-0.05, 0) is 5.41 Å². The maximum atomic E-state index is 10.3. The number of rotatable bonds is 4. The molecule has 0 aromatic rings. The number of aldehydes is 1. The number of nitrogens with two attached hydrogens (primary N) is 1. The van der Waals surface area contributed by atoms with Gasteiger partial charge in [0.1, 0.15) is 11.5 Å². The van der Waals surface area contributed by atoms with Gasteiger partial charge in [-0.25, -0.2) is 0 Å². The Labute approximate surface area is 67.6 Å². The molecule has 0 saturated heterocycles. The minimum atomic E-state index is -0.824. The molecule has 0 bridgehead atoms. The van der Waals surface area contributed by atoms with Crippen LogP contribution in [0.15, 0.2) is 10.9 Å². The number of amides is 1. The van der Waals surface area contributed by atoms with Gasteiger partial charge in [0.15, 0.2) is 0 Å². The van der Waals surface area contributed by atoms with Gasteiger partial charge in [0, 0.05) is 5.54 Å². The second-order valence-corrected chi connectivity index (χ2v) is 2.66. The number of thioether (sulfide) groups is 1. The van der Waals surface area contributed by atoms with Crippen LogP contribution in [0.2, 0.25) is 0 Å². The molecule has 10 heavy (non-hydrogen) atoms. The third-order valence-electron chi connectivity index (χ3n) is 0.681. The first-order chi connectivity index (χ1) is 4.72. The minimum absolute atomic E-state index is 0.476. The summed E-state index contributed by atoms with van der Waals surface area (Å²) in [7, 11) is 0. The Bertz CT molecular complexity index is 160. The lowest BCUT2D eigenvalue weighted by atomic mass is 10.4. The quantitative estimate of drug-likeness (QED) is 0.505. The van der Waals surface area contributed by atoms with Gasteiger partial charge in [-0.2, -0.15) is 0 Å². The topological polar surface area (TPSA) is 60.2 Å². The van der Waals surface area contributed by atoms with E-state index in [4.69, 9.17) is 17.3 Å². The molecule has 0 aliphatic rings. The zero-order chi connectivity index (χ0) is 7.98. The molecule has 0 aliphatic carbocycles. The van der Waals surface area contributed by atoms with Crippen LogP contribution in [0.25, 0.3) is 0 Å². The fraction of sp³-hybridized carbons (Fsp3) is 0.200. The van der Waals surface area contributed by atoms with E-state index < -0.39 is 11.2 Å². The number of primary amides is 1. The third kappa shape index (κ3) is 3.53. The monoisotopic (exact) mass is 179 g/mol. The smallest absolute Gasteiger partial charge is 0.238 e. The lowest BCUT2D eigenvalue weighted by molar-refractivity contribution is -0.120. The Balaban J connectivity index is 3.83. The number of hydrogen-bond acceptors (Lipinski definition) is 3. The summed E-state index contributed by atoms with van der Waals surface area (Å²) in [4.78, 5) is 20.4. The maximum Gasteiger partial charge on any atom is 0.238 e. The zero-order valence-corrected chi connectivity index (χ0v) is 6.56. The fourth-order valence-corrected chi connectivity index (χ4v) is 0.886. The van der Waals surface area contributed by atoms with Crippen LogP contribution in [-0.2, 0) is 9.59 Å². The van der Waals surface area contributed by atoms with E-state index in [9.17, 15) is 9.59 Å². The Morgan fingerprint density at radius 2 is 2.30 bits per heavy atom. The predicted molar refractivity (Wildman–Crippen MR) is 41.6 cm³/mol. The van der Waals surface area contributed by atoms with E-state index in [1.165, 1.54) is 10.9 Å². The first kappa shape index (κ1) is 9.52. The summed E-state index contributed by atoms with van der Waals surface area (Å²) >= 11 is 6.11. The summed E-state index contributed by atoms with van der Waals surface area (Å²) < 4.78 is 0. The van der Waals surface area contributed by atoms with E-state index in [0.29, 0.717) is 6.29 Å². The SMILES string of the molecule is NC(=O)C(C=O)SC=CCl. The van der Waals surface area contributed by atoms with Crippen LogP contribution in [0.5, 0.6) is 0 Å². The average Bonchev–Trinajstić information content (AvgIpc) is 1.89. The minimum Gasteiger partial charge on any atom is -0.368 e. The van der Waals surface area contributed by atoms with E-state index in [1.807, 2.05) is 0 Å². The molecule has 0 fully saturated rings. The van der Waals surface area contributed by atoms with Gasteiger partial charge in [-0.1, -0.05) is 11.6 Å². The largest absolute Gasteiger partial charge is 0.368 e. The van der Waals surface area contributed by atoms with Gasteiger partial charge in [0.05, 0.1) is 0 Å². The highest BCUT2D eigenvalue weighted by Crippen LogP contribution is 2.09. The summed E-state index contributed by atoms with van der Waals surface area (Å²) in [5.41, 5.74) is 6.03. The summed E-state index contributed by atoms with van der Waals surface area (Å²) in [5, 5.41) is 0.598. The molecule has 0 rings (SSSR count). The van der Waals surface area contributed by atoms with E-state index in [1.54, 1.807) is 0 Å². The molecule has 0 aromatic carbocycles.